The van der Waals surface area contributed by atoms with Crippen molar-refractivity contribution in [3.63, 3.8) is 0 Å². The summed E-state index contributed by atoms with van der Waals surface area (Å²) in [5, 5.41) is 9.81. The lowest BCUT2D eigenvalue weighted by molar-refractivity contribution is 0.242. The van der Waals surface area contributed by atoms with Gasteiger partial charge in [-0.1, -0.05) is 51.3 Å². The Morgan fingerprint density at radius 1 is 1.23 bits per heavy atom. The minimum absolute atomic E-state index is 0.247. The first-order valence-electron chi connectivity index (χ1n) is 8.25. The second-order valence-corrected chi connectivity index (χ2v) is 7.86. The third-order valence-electron chi connectivity index (χ3n) is 3.89. The highest BCUT2D eigenvalue weighted by atomic mass is 32.2. The highest BCUT2D eigenvalue weighted by Crippen LogP contribution is 2.31. The Kier molecular flexibility index (Phi) is 8.05. The molecular formula is C19H30O2S. The minimum atomic E-state index is -1.20. The van der Waals surface area contributed by atoms with Crippen molar-refractivity contribution in [1.82, 2.24) is 0 Å². The van der Waals surface area contributed by atoms with E-state index in [2.05, 4.69) is 20.8 Å². The van der Waals surface area contributed by atoms with E-state index in [0.717, 1.165) is 34.6 Å². The average molecular weight is 323 g/mol. The van der Waals surface area contributed by atoms with E-state index < -0.39 is 16.9 Å². The fourth-order valence-corrected chi connectivity index (χ4v) is 4.23. The van der Waals surface area contributed by atoms with Crippen LogP contribution in [0.1, 0.15) is 52.5 Å². The van der Waals surface area contributed by atoms with Gasteiger partial charge in [-0.15, -0.1) is 0 Å². The van der Waals surface area contributed by atoms with E-state index >= 15 is 0 Å². The van der Waals surface area contributed by atoms with E-state index in [1.165, 1.54) is 0 Å². The van der Waals surface area contributed by atoms with Crippen molar-refractivity contribution in [1.29, 1.82) is 0 Å². The molecule has 3 heteroatoms. The van der Waals surface area contributed by atoms with Gasteiger partial charge in [0.2, 0.25) is 0 Å². The summed E-state index contributed by atoms with van der Waals surface area (Å²) in [6.45, 7) is 10.3. The maximum Gasteiger partial charge on any atom is 0.0809 e. The van der Waals surface area contributed by atoms with Gasteiger partial charge in [0.25, 0.3) is 0 Å². The molecule has 1 N–H and O–H groups in total. The molecule has 0 fully saturated rings. The normalized spacial score (nSPS) is 16.6. The summed E-state index contributed by atoms with van der Waals surface area (Å²) in [6, 6.07) is 7.84. The van der Waals surface area contributed by atoms with E-state index in [4.69, 9.17) is 0 Å². The number of unbranched alkanes of at least 4 members (excludes halogenated alkanes) is 1. The lowest BCUT2D eigenvalue weighted by atomic mass is 9.89. The molecule has 2 nitrogen and oxygen atoms in total. The molecule has 1 unspecified atom stereocenters. The van der Waals surface area contributed by atoms with Gasteiger partial charge in [0.1, 0.15) is 0 Å². The van der Waals surface area contributed by atoms with Crippen molar-refractivity contribution in [2.24, 2.45) is 11.8 Å². The molecule has 124 valence electrons. The fourth-order valence-electron chi connectivity index (χ4n) is 2.59. The molecule has 0 aromatic heterocycles. The van der Waals surface area contributed by atoms with E-state index in [9.17, 15) is 9.32 Å². The molecule has 0 saturated heterocycles. The SMILES string of the molecule is CCCC[C@@H](/C(=C/[C@H](C)O)S(=O)c1ccc(C)cc1)C(C)C. The molecule has 1 aromatic carbocycles. The van der Waals surface area contributed by atoms with Gasteiger partial charge < -0.3 is 5.11 Å². The molecule has 0 bridgehead atoms. The Morgan fingerprint density at radius 2 is 1.82 bits per heavy atom. The molecule has 22 heavy (non-hydrogen) atoms. The first-order valence-corrected chi connectivity index (χ1v) is 9.40. The van der Waals surface area contributed by atoms with Gasteiger partial charge in [-0.25, -0.2) is 4.21 Å². The first kappa shape index (κ1) is 19.1. The molecule has 0 radical (unpaired) electrons. The van der Waals surface area contributed by atoms with E-state index in [-0.39, 0.29) is 5.92 Å². The van der Waals surface area contributed by atoms with Crippen LogP contribution < -0.4 is 0 Å². The van der Waals surface area contributed by atoms with Crippen molar-refractivity contribution >= 4 is 10.8 Å². The number of rotatable bonds is 8. The summed E-state index contributed by atoms with van der Waals surface area (Å²) in [7, 11) is -1.20. The average Bonchev–Trinajstić information content (AvgIpc) is 2.45. The van der Waals surface area contributed by atoms with Crippen molar-refractivity contribution < 1.29 is 9.32 Å². The fraction of sp³-hybridized carbons (Fsp3) is 0.579. The van der Waals surface area contributed by atoms with Gasteiger partial charge in [-0.05, 0) is 50.3 Å². The number of aliphatic hydroxyl groups is 1. The zero-order chi connectivity index (χ0) is 16.7. The van der Waals surface area contributed by atoms with Crippen LogP contribution in [0.5, 0.6) is 0 Å². The Labute approximate surface area is 138 Å². The molecule has 0 spiro atoms. The summed E-state index contributed by atoms with van der Waals surface area (Å²) in [4.78, 5) is 1.70. The maximum atomic E-state index is 13.0. The van der Waals surface area contributed by atoms with Gasteiger partial charge >= 0.3 is 0 Å². The Bertz CT molecular complexity index is 501. The van der Waals surface area contributed by atoms with Crippen molar-refractivity contribution in [3.8, 4) is 0 Å². The second-order valence-electron chi connectivity index (χ2n) is 6.38. The quantitative estimate of drug-likeness (QED) is 0.744. The topological polar surface area (TPSA) is 37.3 Å². The van der Waals surface area contributed by atoms with Crippen LogP contribution in [-0.2, 0) is 10.8 Å². The number of benzene rings is 1. The highest BCUT2D eigenvalue weighted by molar-refractivity contribution is 7.89. The highest BCUT2D eigenvalue weighted by Gasteiger charge is 2.24. The standard InChI is InChI=1S/C19H30O2S/c1-6-7-8-18(14(2)3)19(13-16(5)20)22(21)17-11-9-15(4)10-12-17/h9-14,16,18,20H,6-8H2,1-5H3/b19-13-/t16-,18+,22?/m0/s1. The van der Waals surface area contributed by atoms with Crippen LogP contribution in [0.15, 0.2) is 40.1 Å². The minimum Gasteiger partial charge on any atom is -0.389 e. The number of hydrogen-bond donors (Lipinski definition) is 1. The van der Waals surface area contributed by atoms with Crippen molar-refractivity contribution in [3.05, 3.63) is 40.8 Å². The number of aryl methyl sites for hydroxylation is 1. The number of aliphatic hydroxyl groups excluding tert-OH is 1. The maximum absolute atomic E-state index is 13.0. The van der Waals surface area contributed by atoms with Gasteiger partial charge in [0.15, 0.2) is 0 Å². The smallest absolute Gasteiger partial charge is 0.0809 e. The summed E-state index contributed by atoms with van der Waals surface area (Å²) >= 11 is 0. The molecule has 0 aliphatic rings. The predicted molar refractivity (Wildman–Crippen MR) is 95.2 cm³/mol. The zero-order valence-electron chi connectivity index (χ0n) is 14.5. The molecule has 0 aliphatic heterocycles. The third kappa shape index (κ3) is 5.69. The molecule has 0 heterocycles. The zero-order valence-corrected chi connectivity index (χ0v) is 15.3. The van der Waals surface area contributed by atoms with Crippen LogP contribution >= 0.6 is 0 Å². The molecule has 3 atom stereocenters. The molecule has 0 amide bonds. The summed E-state index contributed by atoms with van der Waals surface area (Å²) in [5.41, 5.74) is 1.16. The van der Waals surface area contributed by atoms with E-state index in [1.54, 1.807) is 13.0 Å². The number of allylic oxidation sites excluding steroid dienone is 1. The van der Waals surface area contributed by atoms with Crippen LogP contribution in [0.25, 0.3) is 0 Å². The molecule has 0 saturated carbocycles. The molecule has 1 rings (SSSR count). The van der Waals surface area contributed by atoms with Crippen LogP contribution in [0.3, 0.4) is 0 Å². The first-order chi connectivity index (χ1) is 10.4. The van der Waals surface area contributed by atoms with E-state index in [0.29, 0.717) is 5.92 Å². The van der Waals surface area contributed by atoms with Crippen molar-refractivity contribution in [2.75, 3.05) is 0 Å². The lowest BCUT2D eigenvalue weighted by Crippen LogP contribution is -2.17. The van der Waals surface area contributed by atoms with Crippen LogP contribution in [0, 0.1) is 18.8 Å². The second kappa shape index (κ2) is 9.26. The van der Waals surface area contributed by atoms with Crippen molar-refractivity contribution in [2.45, 2.75) is 64.9 Å². The number of hydrogen-bond acceptors (Lipinski definition) is 2. The summed E-state index contributed by atoms with van der Waals surface area (Å²) in [6.07, 6.45) is 4.47. The monoisotopic (exact) mass is 322 g/mol. The summed E-state index contributed by atoms with van der Waals surface area (Å²) in [5.74, 6) is 0.655. The van der Waals surface area contributed by atoms with Gasteiger partial charge in [0.05, 0.1) is 16.9 Å². The third-order valence-corrected chi connectivity index (χ3v) is 5.46. The lowest BCUT2D eigenvalue weighted by Gasteiger charge is -2.24. The Hall–Kier alpha value is -0.930. The predicted octanol–water partition coefficient (Wildman–Crippen LogP) is 4.83. The Morgan fingerprint density at radius 3 is 2.27 bits per heavy atom. The van der Waals surface area contributed by atoms with Gasteiger partial charge in [0, 0.05) is 9.80 Å². The molecule has 1 aromatic rings. The molecular weight excluding hydrogens is 292 g/mol. The van der Waals surface area contributed by atoms with Crippen LogP contribution in [0.2, 0.25) is 0 Å². The van der Waals surface area contributed by atoms with Gasteiger partial charge in [-0.2, -0.15) is 0 Å². The van der Waals surface area contributed by atoms with Crippen LogP contribution in [-0.4, -0.2) is 15.4 Å². The largest absolute Gasteiger partial charge is 0.389 e. The Balaban J connectivity index is 3.15. The van der Waals surface area contributed by atoms with Gasteiger partial charge in [-0.3, -0.25) is 0 Å². The van der Waals surface area contributed by atoms with E-state index in [1.807, 2.05) is 31.2 Å². The summed E-state index contributed by atoms with van der Waals surface area (Å²) < 4.78 is 13.0. The van der Waals surface area contributed by atoms with Crippen LogP contribution in [0.4, 0.5) is 0 Å². The molecule has 0 aliphatic carbocycles.